The van der Waals surface area contributed by atoms with E-state index in [0.29, 0.717) is 11.1 Å². The van der Waals surface area contributed by atoms with Crippen LogP contribution in [-0.4, -0.2) is 34.0 Å². The van der Waals surface area contributed by atoms with Gasteiger partial charge in [0.05, 0.1) is 34.3 Å². The molecule has 12 nitrogen and oxygen atoms in total. The predicted molar refractivity (Wildman–Crippen MR) is 170 cm³/mol. The molecule has 2 unspecified atom stereocenters. The van der Waals surface area contributed by atoms with Crippen molar-refractivity contribution in [3.05, 3.63) is 146 Å². The van der Waals surface area contributed by atoms with E-state index in [1.807, 2.05) is 37.3 Å². The average Bonchev–Trinajstić information content (AvgIpc) is 3.07. The Morgan fingerprint density at radius 2 is 1.41 bits per heavy atom. The maximum atomic E-state index is 13.9. The van der Waals surface area contributed by atoms with Gasteiger partial charge in [0, 0.05) is 18.4 Å². The van der Waals surface area contributed by atoms with Crippen LogP contribution in [0.3, 0.4) is 0 Å². The van der Waals surface area contributed by atoms with Gasteiger partial charge in [0.25, 0.3) is 5.69 Å². The Morgan fingerprint density at radius 3 is 1.98 bits per heavy atom. The standard InChI is InChI=1S/C34H32N4O8/c1-3-45-34(40)32(33(39)35-23(2)24-13-7-4-8-14-24)28(25-15-9-5-10-16-25)22-29(26-17-11-6-12-18-26)36-46-31-20-19-27(37(41)42)21-30(31)38(43)44/h4-21,23,28,32H,3,22H2,1-2H3,(H,35,39)/b36-29+/t23-,28?,32?/m0/s1. The minimum Gasteiger partial charge on any atom is -0.465 e. The van der Waals surface area contributed by atoms with Crippen molar-refractivity contribution in [1.29, 1.82) is 0 Å². The molecule has 4 aromatic carbocycles. The maximum Gasteiger partial charge on any atom is 0.321 e. The molecule has 1 N–H and O–H groups in total. The molecule has 0 radical (unpaired) electrons. The number of nitrogens with zero attached hydrogens (tertiary/aromatic N) is 3. The second-order valence-electron chi connectivity index (χ2n) is 10.3. The summed E-state index contributed by atoms with van der Waals surface area (Å²) >= 11 is 0. The Balaban J connectivity index is 1.78. The molecule has 4 rings (SSSR count). The second-order valence-corrected chi connectivity index (χ2v) is 10.3. The van der Waals surface area contributed by atoms with Gasteiger partial charge in [-0.25, -0.2) is 0 Å². The van der Waals surface area contributed by atoms with Crippen molar-refractivity contribution in [2.24, 2.45) is 11.1 Å². The van der Waals surface area contributed by atoms with Gasteiger partial charge in [0.15, 0.2) is 0 Å². The fourth-order valence-corrected chi connectivity index (χ4v) is 4.93. The van der Waals surface area contributed by atoms with Crippen molar-refractivity contribution < 1.29 is 29.0 Å². The lowest BCUT2D eigenvalue weighted by molar-refractivity contribution is -0.394. The Morgan fingerprint density at radius 1 is 0.826 bits per heavy atom. The van der Waals surface area contributed by atoms with Crippen molar-refractivity contribution in [1.82, 2.24) is 5.32 Å². The van der Waals surface area contributed by atoms with Gasteiger partial charge in [0.2, 0.25) is 11.7 Å². The molecule has 0 bridgehead atoms. The number of amides is 1. The summed E-state index contributed by atoms with van der Waals surface area (Å²) in [5.74, 6) is -3.72. The molecular formula is C34H32N4O8. The largest absolute Gasteiger partial charge is 0.465 e. The van der Waals surface area contributed by atoms with Crippen LogP contribution in [0, 0.1) is 26.1 Å². The maximum absolute atomic E-state index is 13.9. The van der Waals surface area contributed by atoms with Gasteiger partial charge in [-0.3, -0.25) is 29.8 Å². The van der Waals surface area contributed by atoms with E-state index in [1.165, 1.54) is 0 Å². The van der Waals surface area contributed by atoms with Crippen molar-refractivity contribution in [3.63, 3.8) is 0 Å². The number of hydrogen-bond donors (Lipinski definition) is 1. The monoisotopic (exact) mass is 624 g/mol. The molecule has 4 aromatic rings. The molecule has 46 heavy (non-hydrogen) atoms. The molecule has 12 heteroatoms. The summed E-state index contributed by atoms with van der Waals surface area (Å²) in [6.45, 7) is 3.51. The fraction of sp³-hybridized carbons (Fsp3) is 0.206. The number of esters is 1. The zero-order chi connectivity index (χ0) is 33.1. The molecule has 0 spiro atoms. The summed E-state index contributed by atoms with van der Waals surface area (Å²) < 4.78 is 5.40. The molecule has 0 saturated heterocycles. The fourth-order valence-electron chi connectivity index (χ4n) is 4.93. The summed E-state index contributed by atoms with van der Waals surface area (Å²) in [5.41, 5.74) is 1.19. The Labute approximate surface area is 265 Å². The van der Waals surface area contributed by atoms with E-state index < -0.39 is 51.0 Å². The Kier molecular flexibility index (Phi) is 11.3. The van der Waals surface area contributed by atoms with E-state index in [4.69, 9.17) is 9.57 Å². The van der Waals surface area contributed by atoms with Crippen LogP contribution in [0.5, 0.6) is 5.75 Å². The van der Waals surface area contributed by atoms with Crippen LogP contribution in [0.25, 0.3) is 0 Å². The highest BCUT2D eigenvalue weighted by Crippen LogP contribution is 2.34. The Hall–Kier alpha value is -5.91. The number of ether oxygens (including phenoxy) is 1. The Bertz CT molecular complexity index is 1700. The summed E-state index contributed by atoms with van der Waals surface area (Å²) in [6, 6.07) is 29.6. The van der Waals surface area contributed by atoms with Crippen molar-refractivity contribution in [2.45, 2.75) is 32.2 Å². The first-order chi connectivity index (χ1) is 22.2. The number of carbonyl (C=O) groups is 2. The lowest BCUT2D eigenvalue weighted by Crippen LogP contribution is -2.41. The zero-order valence-corrected chi connectivity index (χ0v) is 25.1. The number of rotatable bonds is 14. The number of benzene rings is 4. The van der Waals surface area contributed by atoms with E-state index in [9.17, 15) is 29.8 Å². The third kappa shape index (κ3) is 8.38. The average molecular weight is 625 g/mol. The van der Waals surface area contributed by atoms with Gasteiger partial charge in [-0.2, -0.15) is 0 Å². The quantitative estimate of drug-likeness (QED) is 0.0545. The number of non-ortho nitro benzene ring substituents is 1. The number of hydrogen-bond acceptors (Lipinski definition) is 9. The number of nitrogens with one attached hydrogen (secondary N) is 1. The first-order valence-electron chi connectivity index (χ1n) is 14.5. The van der Waals surface area contributed by atoms with Crippen LogP contribution in [0.4, 0.5) is 11.4 Å². The highest BCUT2D eigenvalue weighted by Gasteiger charge is 2.39. The molecule has 0 aromatic heterocycles. The molecule has 0 fully saturated rings. The van der Waals surface area contributed by atoms with Crippen molar-refractivity contribution >= 4 is 29.0 Å². The number of nitro groups is 2. The molecule has 236 valence electrons. The van der Waals surface area contributed by atoms with Crippen LogP contribution in [0.2, 0.25) is 0 Å². The van der Waals surface area contributed by atoms with Gasteiger partial charge < -0.3 is 14.9 Å². The van der Waals surface area contributed by atoms with Gasteiger partial charge in [-0.1, -0.05) is 96.2 Å². The SMILES string of the molecule is CCOC(=O)C(C(=O)N[C@@H](C)c1ccccc1)C(C/C(=N\Oc1ccc([N+](=O)[O-])cc1[N+](=O)[O-])c1ccccc1)c1ccccc1. The minimum absolute atomic E-state index is 0.0224. The van der Waals surface area contributed by atoms with E-state index in [1.54, 1.807) is 67.6 Å². The molecular weight excluding hydrogens is 592 g/mol. The first-order valence-corrected chi connectivity index (χ1v) is 14.5. The summed E-state index contributed by atoms with van der Waals surface area (Å²) in [7, 11) is 0. The van der Waals surface area contributed by atoms with E-state index in [2.05, 4.69) is 10.5 Å². The van der Waals surface area contributed by atoms with E-state index in [-0.39, 0.29) is 24.5 Å². The zero-order valence-electron chi connectivity index (χ0n) is 25.1. The molecule has 0 heterocycles. The highest BCUT2D eigenvalue weighted by atomic mass is 16.7. The normalized spacial score (nSPS) is 13.1. The van der Waals surface area contributed by atoms with Gasteiger partial charge in [-0.05, 0) is 36.6 Å². The molecule has 1 amide bonds. The van der Waals surface area contributed by atoms with Crippen molar-refractivity contribution in [2.75, 3.05) is 6.61 Å². The van der Waals surface area contributed by atoms with Gasteiger partial charge in [-0.15, -0.1) is 0 Å². The van der Waals surface area contributed by atoms with Crippen LogP contribution in [0.15, 0.2) is 114 Å². The third-order valence-corrected chi connectivity index (χ3v) is 7.24. The smallest absolute Gasteiger partial charge is 0.321 e. The van der Waals surface area contributed by atoms with Crippen LogP contribution >= 0.6 is 0 Å². The molecule has 0 aliphatic rings. The van der Waals surface area contributed by atoms with Gasteiger partial charge >= 0.3 is 11.7 Å². The second kappa shape index (κ2) is 15.7. The van der Waals surface area contributed by atoms with Crippen LogP contribution < -0.4 is 10.2 Å². The number of oxime groups is 1. The minimum atomic E-state index is -1.31. The van der Waals surface area contributed by atoms with E-state index >= 15 is 0 Å². The highest BCUT2D eigenvalue weighted by molar-refractivity contribution is 6.03. The molecule has 0 aliphatic heterocycles. The topological polar surface area (TPSA) is 163 Å². The predicted octanol–water partition coefficient (Wildman–Crippen LogP) is 6.52. The van der Waals surface area contributed by atoms with Gasteiger partial charge in [0.1, 0.15) is 5.92 Å². The van der Waals surface area contributed by atoms with Crippen molar-refractivity contribution in [3.8, 4) is 5.75 Å². The molecule has 3 atom stereocenters. The lowest BCUT2D eigenvalue weighted by Gasteiger charge is -2.27. The third-order valence-electron chi connectivity index (χ3n) is 7.24. The first kappa shape index (κ1) is 33.0. The number of carbonyl (C=O) groups excluding carboxylic acids is 2. The summed E-state index contributed by atoms with van der Waals surface area (Å²) in [5, 5.41) is 30.1. The molecule has 0 saturated carbocycles. The molecule has 0 aliphatic carbocycles. The summed E-state index contributed by atoms with van der Waals surface area (Å²) in [6.07, 6.45) is -0.0224. The lowest BCUT2D eigenvalue weighted by atomic mass is 9.80. The number of nitro benzene ring substituents is 2. The van der Waals surface area contributed by atoms with E-state index in [0.717, 1.165) is 23.8 Å². The summed E-state index contributed by atoms with van der Waals surface area (Å²) in [4.78, 5) is 54.4. The van der Waals surface area contributed by atoms with Crippen LogP contribution in [0.1, 0.15) is 48.9 Å². The van der Waals surface area contributed by atoms with Crippen LogP contribution in [-0.2, 0) is 14.3 Å².